The predicted molar refractivity (Wildman–Crippen MR) is 59.5 cm³/mol. The number of hydrogen-bond acceptors (Lipinski definition) is 3. The topological polar surface area (TPSA) is 66.8 Å². The van der Waals surface area contributed by atoms with Gasteiger partial charge in [-0.05, 0) is 31.1 Å². The average molecular weight is 222 g/mol. The van der Waals surface area contributed by atoms with Gasteiger partial charge in [0.1, 0.15) is 5.75 Å². The van der Waals surface area contributed by atoms with Crippen LogP contribution in [-0.4, -0.2) is 22.8 Å². The van der Waals surface area contributed by atoms with E-state index in [2.05, 4.69) is 0 Å². The van der Waals surface area contributed by atoms with Gasteiger partial charge < -0.3 is 14.9 Å². The summed E-state index contributed by atoms with van der Waals surface area (Å²) in [5.74, 6) is -1.13. The molecule has 0 aromatic heterocycles. The van der Waals surface area contributed by atoms with E-state index in [4.69, 9.17) is 14.9 Å². The van der Waals surface area contributed by atoms with Crippen LogP contribution in [0.2, 0.25) is 0 Å². The Balaban J connectivity index is 2.18. The van der Waals surface area contributed by atoms with Gasteiger partial charge in [0, 0.05) is 0 Å². The maximum Gasteiger partial charge on any atom is 0.370 e. The van der Waals surface area contributed by atoms with Gasteiger partial charge in [-0.3, -0.25) is 0 Å². The number of para-hydroxylation sites is 1. The minimum absolute atomic E-state index is 0.477. The second-order valence-corrected chi connectivity index (χ2v) is 3.20. The van der Waals surface area contributed by atoms with Gasteiger partial charge in [0.15, 0.2) is 5.76 Å². The molecule has 0 atom stereocenters. The first-order valence-corrected chi connectivity index (χ1v) is 5.00. The van der Waals surface area contributed by atoms with Crippen molar-refractivity contribution < 1.29 is 19.7 Å². The Morgan fingerprint density at radius 3 is 2.56 bits per heavy atom. The molecule has 0 aliphatic carbocycles. The molecule has 16 heavy (non-hydrogen) atoms. The number of unbranched alkanes of at least 4 members (excludes halogenated alkanes) is 1. The second kappa shape index (κ2) is 6.50. The van der Waals surface area contributed by atoms with Crippen molar-refractivity contribution in [3.8, 4) is 5.75 Å². The predicted octanol–water partition coefficient (Wildman–Crippen LogP) is 2.37. The first kappa shape index (κ1) is 12.1. The summed E-state index contributed by atoms with van der Waals surface area (Å²) in [6, 6.07) is 9.37. The third kappa shape index (κ3) is 4.50. The average Bonchev–Trinajstić information content (AvgIpc) is 2.29. The Morgan fingerprint density at radius 1 is 1.25 bits per heavy atom. The Kier molecular flexibility index (Phi) is 4.92. The van der Waals surface area contributed by atoms with Crippen LogP contribution in [0.3, 0.4) is 0 Å². The zero-order chi connectivity index (χ0) is 11.8. The second-order valence-electron chi connectivity index (χ2n) is 3.20. The van der Waals surface area contributed by atoms with Crippen LogP contribution in [0.5, 0.6) is 5.75 Å². The number of rotatable bonds is 6. The quantitative estimate of drug-likeness (QED) is 0.440. The van der Waals surface area contributed by atoms with Crippen LogP contribution in [-0.2, 0) is 4.79 Å². The van der Waals surface area contributed by atoms with Crippen molar-refractivity contribution in [3.63, 3.8) is 0 Å². The Labute approximate surface area is 93.8 Å². The number of allylic oxidation sites excluding steroid dienone is 1. The molecule has 2 N–H and O–H groups in total. The number of carbonyl (C=O) groups is 1. The molecule has 0 fully saturated rings. The van der Waals surface area contributed by atoms with Crippen molar-refractivity contribution >= 4 is 5.97 Å². The van der Waals surface area contributed by atoms with Gasteiger partial charge in [-0.1, -0.05) is 18.2 Å². The van der Waals surface area contributed by atoms with Crippen molar-refractivity contribution in [3.05, 3.63) is 42.2 Å². The van der Waals surface area contributed by atoms with Gasteiger partial charge in [-0.25, -0.2) is 4.79 Å². The molecule has 1 aromatic carbocycles. The molecule has 0 saturated heterocycles. The molecule has 4 nitrogen and oxygen atoms in total. The zero-order valence-electron chi connectivity index (χ0n) is 8.80. The smallest absolute Gasteiger partial charge is 0.370 e. The van der Waals surface area contributed by atoms with Crippen LogP contribution < -0.4 is 4.74 Å². The molecule has 1 rings (SSSR count). The maximum atomic E-state index is 10.2. The van der Waals surface area contributed by atoms with E-state index in [9.17, 15) is 4.79 Å². The lowest BCUT2D eigenvalue weighted by Crippen LogP contribution is -2.00. The number of hydrogen-bond donors (Lipinski definition) is 2. The number of aliphatic carboxylic acids is 1. The Morgan fingerprint density at radius 2 is 1.94 bits per heavy atom. The monoisotopic (exact) mass is 222 g/mol. The normalized spacial score (nSPS) is 11.1. The van der Waals surface area contributed by atoms with Crippen LogP contribution >= 0.6 is 0 Å². The standard InChI is InChI=1S/C12H14O4/c13-11(12(14)15)8-4-5-9-16-10-6-2-1-3-7-10/h1-3,6-8,13H,4-5,9H2,(H,14,15). The van der Waals surface area contributed by atoms with E-state index in [1.165, 1.54) is 6.08 Å². The lowest BCUT2D eigenvalue weighted by atomic mass is 10.3. The Bertz CT molecular complexity index is 357. The van der Waals surface area contributed by atoms with E-state index in [-0.39, 0.29) is 0 Å². The summed E-state index contributed by atoms with van der Waals surface area (Å²) in [7, 11) is 0. The number of ether oxygens (including phenoxy) is 1. The fraction of sp³-hybridized carbons (Fsp3) is 0.250. The third-order valence-electron chi connectivity index (χ3n) is 1.92. The van der Waals surface area contributed by atoms with Gasteiger partial charge >= 0.3 is 5.97 Å². The summed E-state index contributed by atoms with van der Waals surface area (Å²) < 4.78 is 5.39. The molecule has 0 heterocycles. The highest BCUT2D eigenvalue weighted by Crippen LogP contribution is 2.09. The SMILES string of the molecule is O=C(O)C(O)=CCCCOc1ccccc1. The van der Waals surface area contributed by atoms with Crippen molar-refractivity contribution in [1.29, 1.82) is 0 Å². The van der Waals surface area contributed by atoms with Crippen LogP contribution in [0.15, 0.2) is 42.2 Å². The van der Waals surface area contributed by atoms with Crippen molar-refractivity contribution in [2.75, 3.05) is 6.61 Å². The molecular weight excluding hydrogens is 208 g/mol. The van der Waals surface area contributed by atoms with E-state index in [0.717, 1.165) is 5.75 Å². The maximum absolute atomic E-state index is 10.2. The number of benzene rings is 1. The molecule has 4 heteroatoms. The van der Waals surface area contributed by atoms with Crippen molar-refractivity contribution in [1.82, 2.24) is 0 Å². The fourth-order valence-electron chi connectivity index (χ4n) is 1.12. The lowest BCUT2D eigenvalue weighted by molar-refractivity contribution is -0.135. The number of carboxylic acids is 1. The molecule has 0 radical (unpaired) electrons. The molecule has 0 spiro atoms. The summed E-state index contributed by atoms with van der Waals surface area (Å²) >= 11 is 0. The largest absolute Gasteiger partial charge is 0.502 e. The minimum Gasteiger partial charge on any atom is -0.502 e. The molecule has 0 bridgehead atoms. The first-order chi connectivity index (χ1) is 7.70. The first-order valence-electron chi connectivity index (χ1n) is 5.00. The number of aliphatic hydroxyl groups excluding tert-OH is 1. The van der Waals surface area contributed by atoms with Gasteiger partial charge in [0.25, 0.3) is 0 Å². The summed E-state index contributed by atoms with van der Waals surface area (Å²) in [4.78, 5) is 10.2. The molecule has 0 amide bonds. The summed E-state index contributed by atoms with van der Waals surface area (Å²) in [6.45, 7) is 0.493. The van der Waals surface area contributed by atoms with Crippen molar-refractivity contribution in [2.45, 2.75) is 12.8 Å². The van der Waals surface area contributed by atoms with Crippen LogP contribution in [0.1, 0.15) is 12.8 Å². The lowest BCUT2D eigenvalue weighted by Gasteiger charge is -2.03. The molecule has 0 saturated carbocycles. The highest BCUT2D eigenvalue weighted by atomic mass is 16.5. The summed E-state index contributed by atoms with van der Waals surface area (Å²) in [5, 5.41) is 17.2. The molecule has 0 aliphatic rings. The van der Waals surface area contributed by atoms with Crippen LogP contribution in [0, 0.1) is 0 Å². The van der Waals surface area contributed by atoms with Gasteiger partial charge in [-0.2, -0.15) is 0 Å². The molecular formula is C12H14O4. The summed E-state index contributed by atoms with van der Waals surface area (Å²) in [6.07, 6.45) is 2.41. The van der Waals surface area contributed by atoms with Crippen LogP contribution in [0.25, 0.3) is 0 Å². The molecule has 1 aromatic rings. The van der Waals surface area contributed by atoms with Gasteiger partial charge in [-0.15, -0.1) is 0 Å². The fourth-order valence-corrected chi connectivity index (χ4v) is 1.12. The van der Waals surface area contributed by atoms with E-state index >= 15 is 0 Å². The van der Waals surface area contributed by atoms with Gasteiger partial charge in [0.05, 0.1) is 6.61 Å². The third-order valence-corrected chi connectivity index (χ3v) is 1.92. The number of aliphatic hydroxyl groups is 1. The number of carboxylic acid groups (broad SMARTS) is 1. The van der Waals surface area contributed by atoms with E-state index < -0.39 is 11.7 Å². The highest BCUT2D eigenvalue weighted by Gasteiger charge is 2.01. The highest BCUT2D eigenvalue weighted by molar-refractivity contribution is 5.83. The van der Waals surface area contributed by atoms with E-state index in [1.54, 1.807) is 0 Å². The minimum atomic E-state index is -1.30. The van der Waals surface area contributed by atoms with Crippen LogP contribution in [0.4, 0.5) is 0 Å². The zero-order valence-corrected chi connectivity index (χ0v) is 8.80. The van der Waals surface area contributed by atoms with E-state index in [0.29, 0.717) is 19.4 Å². The summed E-state index contributed by atoms with van der Waals surface area (Å²) in [5.41, 5.74) is 0. The van der Waals surface area contributed by atoms with Crippen molar-refractivity contribution in [2.24, 2.45) is 0 Å². The molecule has 0 aliphatic heterocycles. The molecule has 86 valence electrons. The Hall–Kier alpha value is -1.97. The van der Waals surface area contributed by atoms with Gasteiger partial charge in [0.2, 0.25) is 0 Å². The molecule has 0 unspecified atom stereocenters. The van der Waals surface area contributed by atoms with E-state index in [1.807, 2.05) is 30.3 Å².